The van der Waals surface area contributed by atoms with Crippen molar-refractivity contribution >= 4 is 22.9 Å². The molecule has 1 unspecified atom stereocenters. The van der Waals surface area contributed by atoms with Crippen molar-refractivity contribution in [1.29, 1.82) is 5.26 Å². The molecule has 0 saturated heterocycles. The predicted molar refractivity (Wildman–Crippen MR) is 107 cm³/mol. The number of nitrogens with one attached hydrogen (secondary N) is 2. The predicted octanol–water partition coefficient (Wildman–Crippen LogP) is 2.49. The van der Waals surface area contributed by atoms with Gasteiger partial charge in [-0.05, 0) is 36.9 Å². The molecule has 3 aromatic rings. The molecule has 2 heterocycles. The highest BCUT2D eigenvalue weighted by Gasteiger charge is 2.27. The average molecular weight is 396 g/mol. The molecule has 1 amide bonds. The number of hydrogen-bond donors (Lipinski definition) is 2. The average Bonchev–Trinajstić information content (AvgIpc) is 3.39. The molecule has 0 aliphatic heterocycles. The SMILES string of the molecule is CCC[NH+](Cc1nnc(-c2cccs2)o1)[C@@H](C)C(=O)Nc1ccccc1C#N. The van der Waals surface area contributed by atoms with E-state index in [1.807, 2.05) is 24.4 Å². The lowest BCUT2D eigenvalue weighted by atomic mass is 10.1. The third-order valence-electron chi connectivity index (χ3n) is 4.46. The topological polar surface area (TPSA) is 96.2 Å². The molecule has 1 aromatic carbocycles. The van der Waals surface area contributed by atoms with Gasteiger partial charge < -0.3 is 14.6 Å². The smallest absolute Gasteiger partial charge is 0.282 e. The maximum atomic E-state index is 12.8. The van der Waals surface area contributed by atoms with E-state index in [4.69, 9.17) is 4.42 Å². The van der Waals surface area contributed by atoms with Crippen LogP contribution in [0.3, 0.4) is 0 Å². The fourth-order valence-corrected chi connectivity index (χ4v) is 3.56. The Bertz CT molecular complexity index is 961. The van der Waals surface area contributed by atoms with Crippen molar-refractivity contribution in [3.63, 3.8) is 0 Å². The lowest BCUT2D eigenvalue weighted by Gasteiger charge is -2.23. The Morgan fingerprint density at radius 3 is 2.86 bits per heavy atom. The van der Waals surface area contributed by atoms with Gasteiger partial charge in [0, 0.05) is 0 Å². The highest BCUT2D eigenvalue weighted by molar-refractivity contribution is 7.13. The maximum Gasteiger partial charge on any atom is 0.282 e. The Labute approximate surface area is 167 Å². The van der Waals surface area contributed by atoms with E-state index < -0.39 is 0 Å². The summed E-state index contributed by atoms with van der Waals surface area (Å²) in [5.74, 6) is 0.856. The van der Waals surface area contributed by atoms with Gasteiger partial charge in [-0.3, -0.25) is 4.79 Å². The monoisotopic (exact) mass is 396 g/mol. The standard InChI is InChI=1S/C20H21N5O2S/c1-3-10-25(13-18-23-24-20(27-18)17-9-6-11-28-17)14(2)19(26)22-16-8-5-4-7-15(16)12-21/h4-9,11,14H,3,10,13H2,1-2H3,(H,22,26)/p+1/t14-/m0/s1. The molecular weight excluding hydrogens is 374 g/mol. The number of para-hydroxylation sites is 1. The number of amides is 1. The van der Waals surface area contributed by atoms with Crippen LogP contribution in [0.25, 0.3) is 10.8 Å². The molecule has 2 aromatic heterocycles. The van der Waals surface area contributed by atoms with Crippen molar-refractivity contribution in [3.8, 4) is 16.8 Å². The summed E-state index contributed by atoms with van der Waals surface area (Å²) in [6.45, 7) is 5.18. The number of nitrogens with zero attached hydrogens (tertiary/aromatic N) is 3. The van der Waals surface area contributed by atoms with E-state index in [2.05, 4.69) is 28.5 Å². The fraction of sp³-hybridized carbons (Fsp3) is 0.300. The van der Waals surface area contributed by atoms with Crippen LogP contribution < -0.4 is 10.2 Å². The Morgan fingerprint density at radius 2 is 2.14 bits per heavy atom. The maximum absolute atomic E-state index is 12.8. The molecule has 0 spiro atoms. The molecule has 2 atom stereocenters. The zero-order valence-corrected chi connectivity index (χ0v) is 16.6. The summed E-state index contributed by atoms with van der Waals surface area (Å²) >= 11 is 1.54. The van der Waals surface area contributed by atoms with E-state index in [1.165, 1.54) is 0 Å². The van der Waals surface area contributed by atoms with Gasteiger partial charge in [0.15, 0.2) is 12.6 Å². The van der Waals surface area contributed by atoms with Gasteiger partial charge in [-0.25, -0.2) is 0 Å². The lowest BCUT2D eigenvalue weighted by molar-refractivity contribution is -0.928. The van der Waals surface area contributed by atoms with Crippen molar-refractivity contribution < 1.29 is 14.1 Å². The van der Waals surface area contributed by atoms with Crippen molar-refractivity contribution in [1.82, 2.24) is 10.2 Å². The molecular formula is C20H22N5O2S+. The molecule has 7 nitrogen and oxygen atoms in total. The van der Waals surface area contributed by atoms with E-state index in [0.29, 0.717) is 29.6 Å². The van der Waals surface area contributed by atoms with E-state index in [9.17, 15) is 10.1 Å². The number of rotatable bonds is 8. The van der Waals surface area contributed by atoms with Crippen molar-refractivity contribution in [2.24, 2.45) is 0 Å². The van der Waals surface area contributed by atoms with Crippen LogP contribution in [0.1, 0.15) is 31.7 Å². The number of carbonyl (C=O) groups excluding carboxylic acids is 1. The minimum atomic E-state index is -0.344. The quantitative estimate of drug-likeness (QED) is 0.610. The van der Waals surface area contributed by atoms with Crippen LogP contribution in [0.15, 0.2) is 46.2 Å². The first-order valence-electron chi connectivity index (χ1n) is 9.13. The second-order valence-electron chi connectivity index (χ2n) is 6.43. The van der Waals surface area contributed by atoms with E-state index >= 15 is 0 Å². The highest BCUT2D eigenvalue weighted by atomic mass is 32.1. The second-order valence-corrected chi connectivity index (χ2v) is 7.38. The van der Waals surface area contributed by atoms with Crippen LogP contribution >= 0.6 is 11.3 Å². The van der Waals surface area contributed by atoms with Crippen LogP contribution in [0.4, 0.5) is 5.69 Å². The van der Waals surface area contributed by atoms with Crippen LogP contribution in [0.2, 0.25) is 0 Å². The third-order valence-corrected chi connectivity index (χ3v) is 5.32. The molecule has 2 N–H and O–H groups in total. The molecule has 0 fully saturated rings. The van der Waals surface area contributed by atoms with Gasteiger partial charge in [-0.2, -0.15) is 5.26 Å². The van der Waals surface area contributed by atoms with Crippen LogP contribution in [0.5, 0.6) is 0 Å². The van der Waals surface area contributed by atoms with Gasteiger partial charge in [0.05, 0.1) is 22.7 Å². The zero-order chi connectivity index (χ0) is 19.9. The number of carbonyl (C=O) groups is 1. The summed E-state index contributed by atoms with van der Waals surface area (Å²) in [4.78, 5) is 14.7. The number of nitriles is 1. The Hall–Kier alpha value is -3.02. The number of anilines is 1. The molecule has 0 aliphatic carbocycles. The summed E-state index contributed by atoms with van der Waals surface area (Å²) in [5, 5.41) is 22.3. The second kappa shape index (κ2) is 9.26. The first kappa shape index (κ1) is 19.7. The molecule has 0 aliphatic rings. The van der Waals surface area contributed by atoms with Gasteiger partial charge in [-0.15, -0.1) is 21.5 Å². The van der Waals surface area contributed by atoms with Gasteiger partial charge in [-0.1, -0.05) is 25.1 Å². The number of aromatic nitrogens is 2. The molecule has 8 heteroatoms. The lowest BCUT2D eigenvalue weighted by Crippen LogP contribution is -3.15. The third kappa shape index (κ3) is 4.63. The van der Waals surface area contributed by atoms with Crippen LogP contribution in [0, 0.1) is 11.3 Å². The molecule has 144 valence electrons. The van der Waals surface area contributed by atoms with Gasteiger partial charge in [0.25, 0.3) is 17.7 Å². The minimum absolute atomic E-state index is 0.149. The van der Waals surface area contributed by atoms with Crippen molar-refractivity contribution in [2.75, 3.05) is 11.9 Å². The summed E-state index contributed by atoms with van der Waals surface area (Å²) in [6.07, 6.45) is 0.910. The van der Waals surface area contributed by atoms with Crippen LogP contribution in [-0.4, -0.2) is 28.7 Å². The zero-order valence-electron chi connectivity index (χ0n) is 15.8. The summed E-state index contributed by atoms with van der Waals surface area (Å²) < 4.78 is 5.78. The van der Waals surface area contributed by atoms with Gasteiger partial charge >= 0.3 is 0 Å². The number of quaternary nitrogens is 1. The minimum Gasteiger partial charge on any atom is -0.414 e. The summed E-state index contributed by atoms with van der Waals surface area (Å²) in [7, 11) is 0. The van der Waals surface area contributed by atoms with Crippen molar-refractivity contribution in [2.45, 2.75) is 32.9 Å². The highest BCUT2D eigenvalue weighted by Crippen LogP contribution is 2.22. The van der Waals surface area contributed by atoms with Crippen LogP contribution in [-0.2, 0) is 11.3 Å². The van der Waals surface area contributed by atoms with E-state index in [-0.39, 0.29) is 11.9 Å². The molecule has 0 saturated carbocycles. The van der Waals surface area contributed by atoms with Crippen molar-refractivity contribution in [3.05, 3.63) is 53.2 Å². The van der Waals surface area contributed by atoms with Gasteiger partial charge in [0.2, 0.25) is 0 Å². The molecule has 0 bridgehead atoms. The Morgan fingerprint density at radius 1 is 1.32 bits per heavy atom. The molecule has 3 rings (SSSR count). The fourth-order valence-electron chi connectivity index (χ4n) is 2.91. The number of thiophene rings is 1. The molecule has 0 radical (unpaired) electrons. The van der Waals surface area contributed by atoms with Gasteiger partial charge in [0.1, 0.15) is 6.07 Å². The van der Waals surface area contributed by atoms with E-state index in [0.717, 1.165) is 22.7 Å². The summed E-state index contributed by atoms with van der Waals surface area (Å²) in [5.41, 5.74) is 0.966. The Balaban J connectivity index is 1.70. The Kier molecular flexibility index (Phi) is 6.53. The first-order valence-corrected chi connectivity index (χ1v) is 10.0. The van der Waals surface area contributed by atoms with E-state index in [1.54, 1.807) is 35.6 Å². The number of hydrogen-bond acceptors (Lipinski definition) is 6. The largest absolute Gasteiger partial charge is 0.414 e. The summed E-state index contributed by atoms with van der Waals surface area (Å²) in [6, 6.07) is 12.6. The number of benzene rings is 1. The normalized spacial score (nSPS) is 12.9. The first-order chi connectivity index (χ1) is 13.6. The molecule has 28 heavy (non-hydrogen) atoms.